The molecule has 0 radical (unpaired) electrons. The van der Waals surface area contributed by atoms with Gasteiger partial charge in [0.05, 0.1) is 6.61 Å². The average molecular weight is 348 g/mol. The number of halogens is 1. The van der Waals surface area contributed by atoms with E-state index in [2.05, 4.69) is 33.4 Å². The Morgan fingerprint density at radius 1 is 1.19 bits per heavy atom. The number of hydrogen-bond donors (Lipinski definition) is 2. The van der Waals surface area contributed by atoms with Gasteiger partial charge in [-0.15, -0.1) is 0 Å². The monoisotopic (exact) mass is 347 g/mol. The predicted octanol–water partition coefficient (Wildman–Crippen LogP) is 3.69. The van der Waals surface area contributed by atoms with Crippen LogP contribution in [-0.2, 0) is 19.5 Å². The summed E-state index contributed by atoms with van der Waals surface area (Å²) >= 11 is 3.55. The quantitative estimate of drug-likeness (QED) is 0.886. The summed E-state index contributed by atoms with van der Waals surface area (Å²) in [4.78, 5) is 0. The lowest BCUT2D eigenvalue weighted by molar-refractivity contribution is 0.352. The van der Waals surface area contributed by atoms with Gasteiger partial charge >= 0.3 is 0 Å². The number of rotatable bonds is 4. The molecule has 1 aliphatic rings. The summed E-state index contributed by atoms with van der Waals surface area (Å²) in [6.45, 7) is 4.14. The summed E-state index contributed by atoms with van der Waals surface area (Å²) in [5.74, 6) is 1.35. The molecule has 0 saturated heterocycles. The molecule has 0 fully saturated rings. The van der Waals surface area contributed by atoms with E-state index in [4.69, 9.17) is 4.74 Å². The molecule has 1 heterocycles. The van der Waals surface area contributed by atoms with Gasteiger partial charge in [-0.05, 0) is 30.7 Å². The second-order valence-corrected chi connectivity index (χ2v) is 6.30. The average Bonchev–Trinajstić information content (AvgIpc) is 2.90. The Bertz CT molecular complexity index is 670. The topological polar surface area (TPSA) is 41.5 Å². The van der Waals surface area contributed by atoms with E-state index in [0.717, 1.165) is 46.5 Å². The Morgan fingerprint density at radius 3 is 2.86 bits per heavy atom. The van der Waals surface area contributed by atoms with E-state index >= 15 is 0 Å². The molecular weight excluding hydrogens is 330 g/mol. The smallest absolute Gasteiger partial charge is 0.127 e. The minimum atomic E-state index is 0.337. The van der Waals surface area contributed by atoms with Gasteiger partial charge in [-0.1, -0.05) is 33.6 Å². The highest BCUT2D eigenvalue weighted by molar-refractivity contribution is 9.10. The molecule has 0 unspecified atom stereocenters. The zero-order chi connectivity index (χ0) is 14.8. The zero-order valence-corrected chi connectivity index (χ0v) is 13.5. The minimum Gasteiger partial charge on any atom is -0.508 e. The highest BCUT2D eigenvalue weighted by Gasteiger charge is 2.17. The standard InChI is InChI=1S/C17H18BrNO2/c1-11-2-3-16(20)13(6-11)9-19-10-14-8-15(18)7-12-4-5-21-17(12)14/h2-3,6-8,19-20H,4-5,9-10H2,1H3. The molecule has 4 heteroatoms. The van der Waals surface area contributed by atoms with Crippen LogP contribution in [-0.4, -0.2) is 11.7 Å². The van der Waals surface area contributed by atoms with Crippen molar-refractivity contribution < 1.29 is 9.84 Å². The fraction of sp³-hybridized carbons (Fsp3) is 0.294. The molecule has 0 atom stereocenters. The van der Waals surface area contributed by atoms with Crippen LogP contribution >= 0.6 is 15.9 Å². The van der Waals surface area contributed by atoms with Crippen LogP contribution in [0.25, 0.3) is 0 Å². The van der Waals surface area contributed by atoms with Crippen LogP contribution in [0.5, 0.6) is 11.5 Å². The van der Waals surface area contributed by atoms with Crippen molar-refractivity contribution >= 4 is 15.9 Å². The van der Waals surface area contributed by atoms with Gasteiger partial charge in [-0.2, -0.15) is 0 Å². The van der Waals surface area contributed by atoms with Crippen molar-refractivity contribution in [2.75, 3.05) is 6.61 Å². The Hall–Kier alpha value is -1.52. The van der Waals surface area contributed by atoms with Crippen molar-refractivity contribution in [2.45, 2.75) is 26.4 Å². The third kappa shape index (κ3) is 3.22. The van der Waals surface area contributed by atoms with Gasteiger partial charge in [-0.25, -0.2) is 0 Å². The third-order valence-electron chi connectivity index (χ3n) is 3.69. The molecule has 21 heavy (non-hydrogen) atoms. The van der Waals surface area contributed by atoms with Crippen LogP contribution in [0.3, 0.4) is 0 Å². The van der Waals surface area contributed by atoms with E-state index in [1.54, 1.807) is 6.07 Å². The van der Waals surface area contributed by atoms with Gasteiger partial charge in [0.15, 0.2) is 0 Å². The van der Waals surface area contributed by atoms with E-state index in [1.165, 1.54) is 5.56 Å². The fourth-order valence-electron chi connectivity index (χ4n) is 2.67. The summed E-state index contributed by atoms with van der Waals surface area (Å²) in [6.07, 6.45) is 0.973. The van der Waals surface area contributed by atoms with Crippen LogP contribution in [0, 0.1) is 6.92 Å². The lowest BCUT2D eigenvalue weighted by atomic mass is 10.1. The first kappa shape index (κ1) is 14.4. The van der Waals surface area contributed by atoms with Crippen LogP contribution < -0.4 is 10.1 Å². The van der Waals surface area contributed by atoms with Gasteiger partial charge in [0.1, 0.15) is 11.5 Å². The number of phenolic OH excluding ortho intramolecular Hbond substituents is 1. The van der Waals surface area contributed by atoms with Crippen molar-refractivity contribution in [1.29, 1.82) is 0 Å². The lowest BCUT2D eigenvalue weighted by Crippen LogP contribution is -2.13. The van der Waals surface area contributed by atoms with Gasteiger partial charge in [0.2, 0.25) is 0 Å². The number of hydrogen-bond acceptors (Lipinski definition) is 3. The molecule has 2 N–H and O–H groups in total. The van der Waals surface area contributed by atoms with Crippen molar-refractivity contribution in [3.63, 3.8) is 0 Å². The van der Waals surface area contributed by atoms with Gasteiger partial charge < -0.3 is 15.2 Å². The van der Waals surface area contributed by atoms with E-state index < -0.39 is 0 Å². The molecule has 0 bridgehead atoms. The maximum atomic E-state index is 9.86. The van der Waals surface area contributed by atoms with Crippen LogP contribution in [0.4, 0.5) is 0 Å². The van der Waals surface area contributed by atoms with Crippen molar-refractivity contribution in [1.82, 2.24) is 5.32 Å². The number of phenols is 1. The number of fused-ring (bicyclic) bond motifs is 1. The summed E-state index contributed by atoms with van der Waals surface area (Å²) < 4.78 is 6.81. The second-order valence-electron chi connectivity index (χ2n) is 5.39. The Morgan fingerprint density at radius 2 is 2.00 bits per heavy atom. The molecule has 2 aromatic rings. The Balaban J connectivity index is 1.70. The largest absolute Gasteiger partial charge is 0.508 e. The molecule has 0 spiro atoms. The summed E-state index contributed by atoms with van der Waals surface area (Å²) in [5.41, 5.74) is 4.49. The SMILES string of the molecule is Cc1ccc(O)c(CNCc2cc(Br)cc3c2OCC3)c1. The van der Waals surface area contributed by atoms with Crippen molar-refractivity contribution in [3.8, 4) is 11.5 Å². The number of aromatic hydroxyl groups is 1. The fourth-order valence-corrected chi connectivity index (χ4v) is 3.22. The molecule has 0 saturated carbocycles. The molecule has 0 aromatic heterocycles. The number of benzene rings is 2. The van der Waals surface area contributed by atoms with Crippen LogP contribution in [0.1, 0.15) is 22.3 Å². The van der Waals surface area contributed by atoms with Crippen molar-refractivity contribution in [2.24, 2.45) is 0 Å². The first-order valence-electron chi connectivity index (χ1n) is 7.07. The van der Waals surface area contributed by atoms with Gasteiger partial charge in [0, 0.05) is 35.1 Å². The molecule has 2 aromatic carbocycles. The number of nitrogens with one attached hydrogen (secondary N) is 1. The molecule has 0 amide bonds. The summed E-state index contributed by atoms with van der Waals surface area (Å²) in [6, 6.07) is 9.87. The highest BCUT2D eigenvalue weighted by atomic mass is 79.9. The number of ether oxygens (including phenoxy) is 1. The summed E-state index contributed by atoms with van der Waals surface area (Å²) in [7, 11) is 0. The maximum Gasteiger partial charge on any atom is 0.127 e. The van der Waals surface area contributed by atoms with Crippen LogP contribution in [0.2, 0.25) is 0 Å². The summed E-state index contributed by atoms with van der Waals surface area (Å²) in [5, 5.41) is 13.2. The first-order valence-corrected chi connectivity index (χ1v) is 7.86. The van der Waals surface area contributed by atoms with Crippen molar-refractivity contribution in [3.05, 3.63) is 57.1 Å². The van der Waals surface area contributed by atoms with E-state index in [1.807, 2.05) is 19.1 Å². The van der Waals surface area contributed by atoms with Crippen LogP contribution in [0.15, 0.2) is 34.8 Å². The number of aryl methyl sites for hydroxylation is 1. The predicted molar refractivity (Wildman–Crippen MR) is 86.7 cm³/mol. The van der Waals surface area contributed by atoms with E-state index in [9.17, 15) is 5.11 Å². The van der Waals surface area contributed by atoms with E-state index in [0.29, 0.717) is 12.3 Å². The Labute approximate surface area is 133 Å². The lowest BCUT2D eigenvalue weighted by Gasteiger charge is -2.11. The maximum absolute atomic E-state index is 9.86. The Kier molecular flexibility index (Phi) is 4.17. The third-order valence-corrected chi connectivity index (χ3v) is 4.15. The molecular formula is C17H18BrNO2. The normalized spacial score (nSPS) is 13.0. The molecule has 3 nitrogen and oxygen atoms in total. The first-order chi connectivity index (χ1) is 10.1. The van der Waals surface area contributed by atoms with Gasteiger partial charge in [-0.3, -0.25) is 0 Å². The molecule has 3 rings (SSSR count). The minimum absolute atomic E-state index is 0.337. The second kappa shape index (κ2) is 6.08. The molecule has 0 aliphatic carbocycles. The highest BCUT2D eigenvalue weighted by Crippen LogP contribution is 2.33. The van der Waals surface area contributed by atoms with E-state index in [-0.39, 0.29) is 0 Å². The molecule has 110 valence electrons. The van der Waals surface area contributed by atoms with Gasteiger partial charge in [0.25, 0.3) is 0 Å². The molecule has 1 aliphatic heterocycles. The zero-order valence-electron chi connectivity index (χ0n) is 11.9.